The molecule has 1 nitrogen and oxygen atoms in total. The largest absolute Gasteiger partial charge is 0.311 e. The Labute approximate surface area is 95.3 Å². The Morgan fingerprint density at radius 3 is 2.87 bits per heavy atom. The SMILES string of the molecule is CCCNC(C)/C=C/C1CCCC(C)C1. The molecule has 0 saturated heterocycles. The number of hydrogen-bond donors (Lipinski definition) is 1. The number of nitrogens with one attached hydrogen (secondary N) is 1. The highest BCUT2D eigenvalue weighted by Gasteiger charge is 2.16. The van der Waals surface area contributed by atoms with Gasteiger partial charge in [0.05, 0.1) is 0 Å². The summed E-state index contributed by atoms with van der Waals surface area (Å²) >= 11 is 0. The van der Waals surface area contributed by atoms with Crippen molar-refractivity contribution in [2.45, 2.75) is 58.9 Å². The highest BCUT2D eigenvalue weighted by Crippen LogP contribution is 2.29. The first kappa shape index (κ1) is 12.8. The van der Waals surface area contributed by atoms with Crippen LogP contribution in [-0.4, -0.2) is 12.6 Å². The van der Waals surface area contributed by atoms with E-state index in [0.29, 0.717) is 6.04 Å². The molecule has 0 amide bonds. The number of hydrogen-bond acceptors (Lipinski definition) is 1. The van der Waals surface area contributed by atoms with Crippen LogP contribution >= 0.6 is 0 Å². The van der Waals surface area contributed by atoms with E-state index in [9.17, 15) is 0 Å². The standard InChI is InChI=1S/C14H27N/c1-4-10-15-13(3)8-9-14-7-5-6-12(2)11-14/h8-9,12-15H,4-7,10-11H2,1-3H3/b9-8+. The summed E-state index contributed by atoms with van der Waals surface area (Å²) in [4.78, 5) is 0. The van der Waals surface area contributed by atoms with Crippen molar-refractivity contribution in [3.8, 4) is 0 Å². The molecule has 1 aliphatic rings. The Kier molecular flexibility index (Phi) is 6.00. The molecule has 0 aromatic heterocycles. The van der Waals surface area contributed by atoms with Crippen molar-refractivity contribution < 1.29 is 0 Å². The molecule has 1 heteroatoms. The fourth-order valence-electron chi connectivity index (χ4n) is 2.42. The summed E-state index contributed by atoms with van der Waals surface area (Å²) in [7, 11) is 0. The molecule has 1 aliphatic carbocycles. The minimum atomic E-state index is 0.544. The van der Waals surface area contributed by atoms with E-state index >= 15 is 0 Å². The molecule has 88 valence electrons. The fourth-order valence-corrected chi connectivity index (χ4v) is 2.42. The lowest BCUT2D eigenvalue weighted by atomic mass is 9.82. The van der Waals surface area contributed by atoms with Gasteiger partial charge in [-0.3, -0.25) is 0 Å². The van der Waals surface area contributed by atoms with Crippen LogP contribution in [0.4, 0.5) is 0 Å². The van der Waals surface area contributed by atoms with E-state index in [4.69, 9.17) is 0 Å². The van der Waals surface area contributed by atoms with E-state index < -0.39 is 0 Å². The smallest absolute Gasteiger partial charge is 0.0221 e. The van der Waals surface area contributed by atoms with E-state index in [1.54, 1.807) is 0 Å². The molecular weight excluding hydrogens is 182 g/mol. The van der Waals surface area contributed by atoms with Gasteiger partial charge >= 0.3 is 0 Å². The molecule has 0 radical (unpaired) electrons. The Hall–Kier alpha value is -0.300. The van der Waals surface area contributed by atoms with Crippen LogP contribution in [0.5, 0.6) is 0 Å². The lowest BCUT2D eigenvalue weighted by Gasteiger charge is -2.24. The zero-order valence-electron chi connectivity index (χ0n) is 10.6. The van der Waals surface area contributed by atoms with Crippen LogP contribution in [0.3, 0.4) is 0 Å². The predicted molar refractivity (Wildman–Crippen MR) is 68.0 cm³/mol. The van der Waals surface area contributed by atoms with E-state index in [1.807, 2.05) is 0 Å². The Bertz CT molecular complexity index is 186. The average molecular weight is 209 g/mol. The molecule has 0 aromatic rings. The summed E-state index contributed by atoms with van der Waals surface area (Å²) in [5.41, 5.74) is 0. The summed E-state index contributed by atoms with van der Waals surface area (Å²) in [6.07, 6.45) is 11.7. The first-order valence-corrected chi connectivity index (χ1v) is 6.64. The van der Waals surface area contributed by atoms with Crippen molar-refractivity contribution in [1.29, 1.82) is 0 Å². The number of rotatable bonds is 5. The Morgan fingerprint density at radius 2 is 2.20 bits per heavy atom. The summed E-state index contributed by atoms with van der Waals surface area (Å²) in [6.45, 7) is 7.98. The highest BCUT2D eigenvalue weighted by atomic mass is 14.9. The summed E-state index contributed by atoms with van der Waals surface area (Å²) in [6, 6.07) is 0.544. The highest BCUT2D eigenvalue weighted by molar-refractivity contribution is 4.96. The molecule has 0 aliphatic heterocycles. The first-order chi connectivity index (χ1) is 7.22. The summed E-state index contributed by atoms with van der Waals surface area (Å²) in [5.74, 6) is 1.78. The Balaban J connectivity index is 2.23. The van der Waals surface area contributed by atoms with Crippen molar-refractivity contribution in [3.63, 3.8) is 0 Å². The second-order valence-electron chi connectivity index (χ2n) is 5.16. The van der Waals surface area contributed by atoms with E-state index in [-0.39, 0.29) is 0 Å². The maximum absolute atomic E-state index is 3.50. The Morgan fingerprint density at radius 1 is 1.40 bits per heavy atom. The molecule has 1 rings (SSSR count). The van der Waals surface area contributed by atoms with Gasteiger partial charge in [-0.25, -0.2) is 0 Å². The van der Waals surface area contributed by atoms with E-state index in [2.05, 4.69) is 38.2 Å². The summed E-state index contributed by atoms with van der Waals surface area (Å²) < 4.78 is 0. The normalized spacial score (nSPS) is 29.5. The van der Waals surface area contributed by atoms with Gasteiger partial charge in [-0.15, -0.1) is 0 Å². The van der Waals surface area contributed by atoms with Gasteiger partial charge in [0.15, 0.2) is 0 Å². The molecule has 1 saturated carbocycles. The minimum Gasteiger partial charge on any atom is -0.311 e. The lowest BCUT2D eigenvalue weighted by Crippen LogP contribution is -2.24. The van der Waals surface area contributed by atoms with Crippen LogP contribution in [-0.2, 0) is 0 Å². The zero-order chi connectivity index (χ0) is 11.1. The van der Waals surface area contributed by atoms with Crippen LogP contribution in [0.2, 0.25) is 0 Å². The van der Waals surface area contributed by atoms with Crippen LogP contribution in [0.25, 0.3) is 0 Å². The van der Waals surface area contributed by atoms with Gasteiger partial charge in [-0.05, 0) is 44.6 Å². The van der Waals surface area contributed by atoms with Crippen LogP contribution in [0.1, 0.15) is 52.9 Å². The van der Waals surface area contributed by atoms with Crippen molar-refractivity contribution in [1.82, 2.24) is 5.32 Å². The van der Waals surface area contributed by atoms with Gasteiger partial charge in [0.25, 0.3) is 0 Å². The molecule has 0 spiro atoms. The maximum Gasteiger partial charge on any atom is 0.0221 e. The summed E-state index contributed by atoms with van der Waals surface area (Å²) in [5, 5.41) is 3.50. The molecule has 3 atom stereocenters. The van der Waals surface area contributed by atoms with Gasteiger partial charge in [0, 0.05) is 6.04 Å². The van der Waals surface area contributed by atoms with Gasteiger partial charge in [-0.2, -0.15) is 0 Å². The molecule has 0 heterocycles. The molecule has 0 aromatic carbocycles. The van der Waals surface area contributed by atoms with Crippen molar-refractivity contribution in [3.05, 3.63) is 12.2 Å². The molecule has 3 unspecified atom stereocenters. The van der Waals surface area contributed by atoms with Crippen LogP contribution in [0.15, 0.2) is 12.2 Å². The third-order valence-corrected chi connectivity index (χ3v) is 3.37. The second kappa shape index (κ2) is 7.05. The molecular formula is C14H27N. The fraction of sp³-hybridized carbons (Fsp3) is 0.857. The van der Waals surface area contributed by atoms with Crippen molar-refractivity contribution in [2.75, 3.05) is 6.54 Å². The first-order valence-electron chi connectivity index (χ1n) is 6.64. The average Bonchev–Trinajstić information content (AvgIpc) is 2.23. The van der Waals surface area contributed by atoms with Gasteiger partial charge in [0.1, 0.15) is 0 Å². The van der Waals surface area contributed by atoms with Crippen molar-refractivity contribution >= 4 is 0 Å². The minimum absolute atomic E-state index is 0.544. The molecule has 1 N–H and O–H groups in total. The van der Waals surface area contributed by atoms with Crippen molar-refractivity contribution in [2.24, 2.45) is 11.8 Å². The van der Waals surface area contributed by atoms with Crippen LogP contribution in [0, 0.1) is 11.8 Å². The topological polar surface area (TPSA) is 12.0 Å². The lowest BCUT2D eigenvalue weighted by molar-refractivity contribution is 0.324. The van der Waals surface area contributed by atoms with E-state index in [1.165, 1.54) is 32.1 Å². The zero-order valence-corrected chi connectivity index (χ0v) is 10.6. The molecule has 15 heavy (non-hydrogen) atoms. The number of allylic oxidation sites excluding steroid dienone is 1. The van der Waals surface area contributed by atoms with Gasteiger partial charge in [0.2, 0.25) is 0 Å². The van der Waals surface area contributed by atoms with E-state index in [0.717, 1.165) is 18.4 Å². The predicted octanol–water partition coefficient (Wildman–Crippen LogP) is 3.76. The third kappa shape index (κ3) is 5.36. The second-order valence-corrected chi connectivity index (χ2v) is 5.16. The molecule has 1 fully saturated rings. The monoisotopic (exact) mass is 209 g/mol. The van der Waals surface area contributed by atoms with Gasteiger partial charge < -0.3 is 5.32 Å². The quantitative estimate of drug-likeness (QED) is 0.680. The van der Waals surface area contributed by atoms with Crippen LogP contribution < -0.4 is 5.32 Å². The maximum atomic E-state index is 3.50. The third-order valence-electron chi connectivity index (χ3n) is 3.37. The molecule has 0 bridgehead atoms. The van der Waals surface area contributed by atoms with Gasteiger partial charge in [-0.1, -0.05) is 38.8 Å².